The molecular formula is C20H28F3IN6O. The van der Waals surface area contributed by atoms with Gasteiger partial charge in [0.2, 0.25) is 0 Å². The Morgan fingerprint density at radius 1 is 1.35 bits per heavy atom. The summed E-state index contributed by atoms with van der Waals surface area (Å²) >= 11 is 0. The van der Waals surface area contributed by atoms with Gasteiger partial charge in [-0.1, -0.05) is 19.9 Å². The molecule has 0 saturated heterocycles. The van der Waals surface area contributed by atoms with Crippen molar-refractivity contribution in [1.29, 1.82) is 0 Å². The summed E-state index contributed by atoms with van der Waals surface area (Å²) in [6, 6.07) is 3.89. The number of nitrogens with zero attached hydrogens (tertiary/aromatic N) is 4. The molecule has 0 radical (unpaired) electrons. The standard InChI is InChI=1S/C20H27F3N6O.HI/c1-4-24-20(25-10-14-15(21)6-5-7-16(14)30-19(22)23)26-13-8-9-17-27-18(12(2)3)28-29(17)11-13;/h5-7,12-13,19H,4,8-11H2,1-3H3,(H2,24,25,26);1H. The van der Waals surface area contributed by atoms with E-state index in [1.54, 1.807) is 0 Å². The van der Waals surface area contributed by atoms with E-state index >= 15 is 0 Å². The van der Waals surface area contributed by atoms with Gasteiger partial charge in [0.1, 0.15) is 17.4 Å². The van der Waals surface area contributed by atoms with Gasteiger partial charge in [-0.3, -0.25) is 0 Å². The van der Waals surface area contributed by atoms with Crippen molar-refractivity contribution in [2.45, 2.75) is 65.3 Å². The maximum Gasteiger partial charge on any atom is 0.387 e. The van der Waals surface area contributed by atoms with Crippen molar-refractivity contribution in [2.75, 3.05) is 6.54 Å². The average Bonchev–Trinajstić information content (AvgIpc) is 3.11. The molecule has 1 aromatic heterocycles. The van der Waals surface area contributed by atoms with E-state index in [9.17, 15) is 13.2 Å². The minimum atomic E-state index is -3.03. The molecule has 0 saturated carbocycles. The van der Waals surface area contributed by atoms with Crippen molar-refractivity contribution >= 4 is 29.9 Å². The fourth-order valence-corrected chi connectivity index (χ4v) is 3.26. The zero-order chi connectivity index (χ0) is 21.7. The number of halogens is 4. The molecule has 0 aliphatic carbocycles. The van der Waals surface area contributed by atoms with Crippen LogP contribution in [0.3, 0.4) is 0 Å². The molecule has 1 atom stereocenters. The van der Waals surface area contributed by atoms with Crippen LogP contribution in [0.1, 0.15) is 50.3 Å². The molecule has 1 aliphatic rings. The SMILES string of the molecule is CCNC(=NCc1c(F)cccc1OC(F)F)NC1CCc2nc(C(C)C)nn2C1.I. The van der Waals surface area contributed by atoms with Gasteiger partial charge in [-0.15, -0.1) is 24.0 Å². The van der Waals surface area contributed by atoms with E-state index in [1.165, 1.54) is 18.2 Å². The number of hydrogen-bond acceptors (Lipinski definition) is 4. The van der Waals surface area contributed by atoms with E-state index in [0.29, 0.717) is 19.0 Å². The Morgan fingerprint density at radius 2 is 2.13 bits per heavy atom. The third-order valence-electron chi connectivity index (χ3n) is 4.76. The maximum absolute atomic E-state index is 14.2. The third-order valence-corrected chi connectivity index (χ3v) is 4.76. The van der Waals surface area contributed by atoms with Gasteiger partial charge in [0, 0.05) is 24.9 Å². The first kappa shape index (κ1) is 25.2. The lowest BCUT2D eigenvalue weighted by molar-refractivity contribution is -0.0506. The van der Waals surface area contributed by atoms with Crippen LogP contribution in [0.5, 0.6) is 5.75 Å². The van der Waals surface area contributed by atoms with Crippen molar-refractivity contribution < 1.29 is 17.9 Å². The van der Waals surface area contributed by atoms with Crippen LogP contribution < -0.4 is 15.4 Å². The number of benzene rings is 1. The molecule has 31 heavy (non-hydrogen) atoms. The summed E-state index contributed by atoms with van der Waals surface area (Å²) in [5.41, 5.74) is -0.0150. The maximum atomic E-state index is 14.2. The molecule has 2 heterocycles. The van der Waals surface area contributed by atoms with Gasteiger partial charge in [0.05, 0.1) is 18.7 Å². The van der Waals surface area contributed by atoms with E-state index in [4.69, 9.17) is 0 Å². The molecule has 3 rings (SSSR count). The van der Waals surface area contributed by atoms with Gasteiger partial charge in [-0.2, -0.15) is 13.9 Å². The van der Waals surface area contributed by atoms with Gasteiger partial charge in [-0.05, 0) is 25.5 Å². The molecule has 7 nitrogen and oxygen atoms in total. The van der Waals surface area contributed by atoms with Crippen LogP contribution in [-0.2, 0) is 19.5 Å². The molecule has 2 N–H and O–H groups in total. The fraction of sp³-hybridized carbons (Fsp3) is 0.550. The highest BCUT2D eigenvalue weighted by atomic mass is 127. The number of nitrogens with one attached hydrogen (secondary N) is 2. The number of aromatic nitrogens is 3. The van der Waals surface area contributed by atoms with Crippen molar-refractivity contribution in [3.05, 3.63) is 41.2 Å². The van der Waals surface area contributed by atoms with Gasteiger partial charge in [0.15, 0.2) is 11.8 Å². The van der Waals surface area contributed by atoms with Crippen LogP contribution in [0.4, 0.5) is 13.2 Å². The van der Waals surface area contributed by atoms with Gasteiger partial charge in [-0.25, -0.2) is 19.0 Å². The molecule has 11 heteroatoms. The van der Waals surface area contributed by atoms with Crippen LogP contribution in [0, 0.1) is 5.82 Å². The number of aliphatic imine (C=N–C) groups is 1. The highest BCUT2D eigenvalue weighted by molar-refractivity contribution is 14.0. The Hall–Kier alpha value is -2.05. The summed E-state index contributed by atoms with van der Waals surface area (Å²) < 4.78 is 45.7. The number of alkyl halides is 2. The Kier molecular flexibility index (Phi) is 9.38. The number of fused-ring (bicyclic) bond motifs is 1. The number of aryl methyl sites for hydroxylation is 1. The highest BCUT2D eigenvalue weighted by Crippen LogP contribution is 2.24. The van der Waals surface area contributed by atoms with Crippen molar-refractivity contribution in [3.8, 4) is 5.75 Å². The van der Waals surface area contributed by atoms with Crippen LogP contribution >= 0.6 is 24.0 Å². The van der Waals surface area contributed by atoms with Crippen molar-refractivity contribution in [2.24, 2.45) is 4.99 Å². The number of hydrogen-bond donors (Lipinski definition) is 2. The molecule has 0 spiro atoms. The Morgan fingerprint density at radius 3 is 2.81 bits per heavy atom. The molecule has 172 valence electrons. The summed E-state index contributed by atoms with van der Waals surface area (Å²) in [7, 11) is 0. The minimum Gasteiger partial charge on any atom is -0.434 e. The van der Waals surface area contributed by atoms with E-state index < -0.39 is 12.4 Å². The third kappa shape index (κ3) is 6.71. The van der Waals surface area contributed by atoms with Crippen LogP contribution in [0.15, 0.2) is 23.2 Å². The second-order valence-corrected chi connectivity index (χ2v) is 7.39. The Bertz CT molecular complexity index is 890. The predicted octanol–water partition coefficient (Wildman–Crippen LogP) is 3.83. The summed E-state index contributed by atoms with van der Waals surface area (Å²) in [5, 5.41) is 11.0. The smallest absolute Gasteiger partial charge is 0.387 e. The Balaban J connectivity index is 0.00000341. The summed E-state index contributed by atoms with van der Waals surface area (Å²) in [6.07, 6.45) is 1.64. The minimum absolute atomic E-state index is 0. The first-order valence-corrected chi connectivity index (χ1v) is 10.1. The molecule has 0 bridgehead atoms. The van der Waals surface area contributed by atoms with Gasteiger partial charge in [0.25, 0.3) is 0 Å². The molecule has 1 aliphatic heterocycles. The monoisotopic (exact) mass is 552 g/mol. The molecular weight excluding hydrogens is 524 g/mol. The Labute approximate surface area is 196 Å². The second kappa shape index (κ2) is 11.5. The van der Waals surface area contributed by atoms with Crippen molar-refractivity contribution in [1.82, 2.24) is 25.4 Å². The van der Waals surface area contributed by atoms with E-state index in [1.807, 2.05) is 11.6 Å². The van der Waals surface area contributed by atoms with E-state index in [2.05, 4.69) is 44.3 Å². The normalized spacial score (nSPS) is 16.1. The molecule has 1 unspecified atom stereocenters. The summed E-state index contributed by atoms with van der Waals surface area (Å²) in [4.78, 5) is 8.96. The number of guanidine groups is 1. The molecule has 1 aromatic carbocycles. The lowest BCUT2D eigenvalue weighted by Gasteiger charge is -2.25. The molecule has 0 amide bonds. The van der Waals surface area contributed by atoms with Gasteiger partial charge >= 0.3 is 6.61 Å². The largest absolute Gasteiger partial charge is 0.434 e. The highest BCUT2D eigenvalue weighted by Gasteiger charge is 2.23. The van der Waals surface area contributed by atoms with E-state index in [-0.39, 0.29) is 53.8 Å². The first-order chi connectivity index (χ1) is 14.4. The molecule has 2 aromatic rings. The summed E-state index contributed by atoms with van der Waals surface area (Å²) in [6.45, 7) is 4.10. The van der Waals surface area contributed by atoms with Gasteiger partial charge < -0.3 is 15.4 Å². The quantitative estimate of drug-likeness (QED) is 0.311. The van der Waals surface area contributed by atoms with Crippen molar-refractivity contribution in [3.63, 3.8) is 0 Å². The van der Waals surface area contributed by atoms with Crippen LogP contribution in [-0.4, -0.2) is 39.9 Å². The second-order valence-electron chi connectivity index (χ2n) is 7.39. The zero-order valence-electron chi connectivity index (χ0n) is 17.7. The number of ether oxygens (including phenoxy) is 1. The fourth-order valence-electron chi connectivity index (χ4n) is 3.26. The lowest BCUT2D eigenvalue weighted by Crippen LogP contribution is -2.47. The number of rotatable bonds is 7. The molecule has 0 fully saturated rings. The predicted molar refractivity (Wildman–Crippen MR) is 123 cm³/mol. The first-order valence-electron chi connectivity index (χ1n) is 10.1. The topological polar surface area (TPSA) is 76.4 Å². The van der Waals surface area contributed by atoms with Crippen LogP contribution in [0.2, 0.25) is 0 Å². The average molecular weight is 552 g/mol. The lowest BCUT2D eigenvalue weighted by atomic mass is 10.1. The summed E-state index contributed by atoms with van der Waals surface area (Å²) in [5.74, 6) is 1.69. The van der Waals surface area contributed by atoms with Crippen LogP contribution in [0.25, 0.3) is 0 Å². The zero-order valence-corrected chi connectivity index (χ0v) is 20.1. The van der Waals surface area contributed by atoms with E-state index in [0.717, 1.165) is 24.5 Å².